The molecule has 30 heavy (non-hydrogen) atoms. The van der Waals surface area contributed by atoms with Crippen molar-refractivity contribution in [3.63, 3.8) is 0 Å². The number of hydrogen-bond acceptors (Lipinski definition) is 6. The predicted molar refractivity (Wildman–Crippen MR) is 109 cm³/mol. The first-order valence-electron chi connectivity index (χ1n) is 9.85. The summed E-state index contributed by atoms with van der Waals surface area (Å²) in [6.07, 6.45) is -0.428. The van der Waals surface area contributed by atoms with E-state index in [2.05, 4.69) is 0 Å². The number of carbonyl (C=O) groups is 2. The summed E-state index contributed by atoms with van der Waals surface area (Å²) in [5.74, 6) is -2.59. The van der Waals surface area contributed by atoms with E-state index >= 15 is 0 Å². The van der Waals surface area contributed by atoms with E-state index < -0.39 is 46.1 Å². The van der Waals surface area contributed by atoms with Crippen molar-refractivity contribution in [2.75, 3.05) is 6.61 Å². The van der Waals surface area contributed by atoms with Gasteiger partial charge < -0.3 is 9.84 Å². The maximum absolute atomic E-state index is 13.2. The van der Waals surface area contributed by atoms with Gasteiger partial charge in [0, 0.05) is 11.3 Å². The molecule has 1 aliphatic carbocycles. The number of ketones is 1. The quantitative estimate of drug-likeness (QED) is 0.339. The number of esters is 1. The Kier molecular flexibility index (Phi) is 5.76. The Hall–Kier alpha value is -3.06. The first-order valence-corrected chi connectivity index (χ1v) is 9.85. The Morgan fingerprint density at radius 1 is 1.17 bits per heavy atom. The van der Waals surface area contributed by atoms with Crippen molar-refractivity contribution in [2.45, 2.75) is 44.8 Å². The van der Waals surface area contributed by atoms with Gasteiger partial charge in [0.1, 0.15) is 11.2 Å². The monoisotopic (exact) mass is 411 g/mol. The van der Waals surface area contributed by atoms with Gasteiger partial charge in [-0.1, -0.05) is 54.6 Å². The lowest BCUT2D eigenvalue weighted by Crippen LogP contribution is -2.45. The molecule has 3 rings (SSSR count). The van der Waals surface area contributed by atoms with E-state index in [1.807, 2.05) is 0 Å². The first-order chi connectivity index (χ1) is 14.2. The van der Waals surface area contributed by atoms with E-state index in [4.69, 9.17) is 4.74 Å². The van der Waals surface area contributed by atoms with Crippen molar-refractivity contribution in [3.8, 4) is 0 Å². The Labute approximate surface area is 174 Å². The topological polar surface area (TPSA) is 107 Å². The second kappa shape index (κ2) is 7.99. The Morgan fingerprint density at radius 2 is 1.77 bits per heavy atom. The van der Waals surface area contributed by atoms with Crippen LogP contribution in [0.1, 0.15) is 42.9 Å². The summed E-state index contributed by atoms with van der Waals surface area (Å²) < 4.78 is 5.25. The second-order valence-electron chi connectivity index (χ2n) is 7.78. The second-order valence-corrected chi connectivity index (χ2v) is 7.78. The van der Waals surface area contributed by atoms with Crippen LogP contribution in [0.5, 0.6) is 0 Å². The normalized spacial score (nSPS) is 28.1. The molecular formula is C23H25NO6. The fourth-order valence-electron chi connectivity index (χ4n) is 4.80. The molecule has 158 valence electrons. The average Bonchev–Trinajstić information content (AvgIpc) is 3.01. The average molecular weight is 411 g/mol. The number of hydrogen-bond donors (Lipinski definition) is 1. The third-order valence-corrected chi connectivity index (χ3v) is 6.18. The van der Waals surface area contributed by atoms with Gasteiger partial charge in [-0.3, -0.25) is 19.7 Å². The van der Waals surface area contributed by atoms with E-state index in [-0.39, 0.29) is 12.2 Å². The zero-order valence-electron chi connectivity index (χ0n) is 17.2. The molecule has 0 amide bonds. The summed E-state index contributed by atoms with van der Waals surface area (Å²) >= 11 is 0. The molecule has 1 N–H and O–H groups in total. The number of nitrogens with zero attached hydrogens (tertiary/aromatic N) is 1. The zero-order chi connectivity index (χ0) is 22.1. The summed E-state index contributed by atoms with van der Waals surface area (Å²) in [4.78, 5) is 38.0. The molecule has 2 aromatic rings. The Morgan fingerprint density at radius 3 is 2.30 bits per heavy atom. The van der Waals surface area contributed by atoms with Gasteiger partial charge in [-0.25, -0.2) is 0 Å². The molecule has 0 radical (unpaired) electrons. The molecule has 7 heteroatoms. The smallest absolute Gasteiger partial charge is 0.320 e. The van der Waals surface area contributed by atoms with Crippen LogP contribution in [0.3, 0.4) is 0 Å². The number of aryl methyl sites for hydroxylation is 1. The summed E-state index contributed by atoms with van der Waals surface area (Å²) in [5.41, 5.74) is -2.45. The molecule has 0 bridgehead atoms. The fraction of sp³-hybridized carbons (Fsp3) is 0.391. The van der Waals surface area contributed by atoms with Crippen molar-refractivity contribution in [3.05, 3.63) is 81.4 Å². The summed E-state index contributed by atoms with van der Waals surface area (Å²) in [5, 5.41) is 24.1. The molecule has 0 saturated heterocycles. The number of benzene rings is 2. The minimum absolute atomic E-state index is 0.0151. The summed E-state index contributed by atoms with van der Waals surface area (Å²) in [6, 6.07) is 13.5. The number of nitro groups is 1. The van der Waals surface area contributed by atoms with Gasteiger partial charge >= 0.3 is 5.97 Å². The highest BCUT2D eigenvalue weighted by atomic mass is 16.6. The van der Waals surface area contributed by atoms with Crippen LogP contribution in [-0.2, 0) is 19.9 Å². The lowest BCUT2D eigenvalue weighted by molar-refractivity contribution is -0.547. The van der Waals surface area contributed by atoms with Gasteiger partial charge in [0.2, 0.25) is 0 Å². The van der Waals surface area contributed by atoms with Gasteiger partial charge in [0.25, 0.3) is 6.04 Å². The van der Waals surface area contributed by atoms with Crippen LogP contribution in [0.4, 0.5) is 0 Å². The van der Waals surface area contributed by atoms with Crippen LogP contribution in [0.2, 0.25) is 0 Å². The van der Waals surface area contributed by atoms with E-state index in [0.29, 0.717) is 11.1 Å². The molecule has 0 aliphatic heterocycles. The molecule has 1 aliphatic rings. The minimum Gasteiger partial charge on any atom is -0.465 e. The van der Waals surface area contributed by atoms with Crippen LogP contribution in [-0.4, -0.2) is 34.4 Å². The highest BCUT2D eigenvalue weighted by molar-refractivity contribution is 6.04. The maximum atomic E-state index is 13.2. The molecule has 0 heterocycles. The molecule has 0 aromatic heterocycles. The van der Waals surface area contributed by atoms with Gasteiger partial charge in [-0.05, 0) is 37.5 Å². The van der Waals surface area contributed by atoms with E-state index in [1.165, 1.54) is 6.92 Å². The van der Waals surface area contributed by atoms with Gasteiger partial charge in [-0.15, -0.1) is 0 Å². The minimum atomic E-state index is -2.03. The number of Topliss-reactive ketones (excluding diaryl/α,β-unsaturated/α-hetero) is 1. The number of ether oxygens (including phenoxy) is 1. The van der Waals surface area contributed by atoms with Crippen molar-refractivity contribution in [1.82, 2.24) is 0 Å². The molecule has 2 unspecified atom stereocenters. The lowest BCUT2D eigenvalue weighted by atomic mass is 9.70. The van der Waals surface area contributed by atoms with Crippen LogP contribution in [0.25, 0.3) is 0 Å². The third-order valence-electron chi connectivity index (χ3n) is 6.18. The maximum Gasteiger partial charge on any atom is 0.320 e. The zero-order valence-corrected chi connectivity index (χ0v) is 17.2. The van der Waals surface area contributed by atoms with Gasteiger partial charge in [0.05, 0.1) is 12.5 Å². The van der Waals surface area contributed by atoms with Crippen LogP contribution in [0, 0.1) is 22.5 Å². The van der Waals surface area contributed by atoms with Crippen LogP contribution >= 0.6 is 0 Å². The summed E-state index contributed by atoms with van der Waals surface area (Å²) in [7, 11) is 0. The standard InChI is InChI=1S/C23H25NO6/c1-4-30-21(26)22(16(3)25)14-23(27,17-11-6-5-7-12-17)20(24(28)29)19(22)18-13-9-8-10-15(18)2/h5-13,19-20,27H,4,14H2,1-3H3/t19?,20-,22?,23-/m0/s1. The van der Waals surface area contributed by atoms with Crippen molar-refractivity contribution >= 4 is 11.8 Å². The third kappa shape index (κ3) is 3.19. The molecular weight excluding hydrogens is 386 g/mol. The van der Waals surface area contributed by atoms with Crippen molar-refractivity contribution in [2.24, 2.45) is 5.41 Å². The summed E-state index contributed by atoms with van der Waals surface area (Å²) in [6.45, 7) is 4.62. The van der Waals surface area contributed by atoms with Gasteiger partial charge in [-0.2, -0.15) is 0 Å². The molecule has 7 nitrogen and oxygen atoms in total. The van der Waals surface area contributed by atoms with E-state index in [0.717, 1.165) is 0 Å². The highest BCUT2D eigenvalue weighted by Crippen LogP contribution is 2.60. The predicted octanol–water partition coefficient (Wildman–Crippen LogP) is 3.15. The fourth-order valence-corrected chi connectivity index (χ4v) is 4.80. The Bertz CT molecular complexity index is 975. The van der Waals surface area contributed by atoms with Crippen LogP contribution < -0.4 is 0 Å². The van der Waals surface area contributed by atoms with Crippen molar-refractivity contribution in [1.29, 1.82) is 0 Å². The van der Waals surface area contributed by atoms with E-state index in [1.54, 1.807) is 68.4 Å². The van der Waals surface area contributed by atoms with Gasteiger partial charge in [0.15, 0.2) is 5.60 Å². The number of rotatable bonds is 6. The highest BCUT2D eigenvalue weighted by Gasteiger charge is 2.73. The Balaban J connectivity index is 2.37. The molecule has 0 spiro atoms. The molecule has 4 atom stereocenters. The molecule has 2 aromatic carbocycles. The SMILES string of the molecule is CCOC(=O)C1(C(C)=O)C[C@](O)(c2ccccc2)[C@@H]([N+](=O)[O-])C1c1ccccc1C. The van der Waals surface area contributed by atoms with E-state index in [9.17, 15) is 24.8 Å². The molecule has 1 saturated carbocycles. The first kappa shape index (κ1) is 21.6. The largest absolute Gasteiger partial charge is 0.465 e. The number of carbonyl (C=O) groups excluding carboxylic acids is 2. The number of aliphatic hydroxyl groups is 1. The molecule has 1 fully saturated rings. The van der Waals surface area contributed by atoms with Crippen LogP contribution in [0.15, 0.2) is 54.6 Å². The van der Waals surface area contributed by atoms with Crippen molar-refractivity contribution < 1.29 is 24.4 Å². The lowest BCUT2D eigenvalue weighted by Gasteiger charge is -2.31.